The van der Waals surface area contributed by atoms with E-state index in [2.05, 4.69) is 15.5 Å². The fraction of sp³-hybridized carbons (Fsp3) is 0.500. The minimum Gasteiger partial charge on any atom is -0.406 e. The molecular weight excluding hydrogens is 280 g/mol. The molecule has 0 unspecified atom stereocenters. The van der Waals surface area contributed by atoms with Gasteiger partial charge in [0.05, 0.1) is 6.04 Å². The van der Waals surface area contributed by atoms with Crippen molar-refractivity contribution in [2.24, 2.45) is 11.7 Å². The number of hydrogen-bond donors (Lipinski definition) is 2. The predicted molar refractivity (Wildman–Crippen MR) is 83.4 cm³/mol. The summed E-state index contributed by atoms with van der Waals surface area (Å²) in [5, 5.41) is 11.3. The van der Waals surface area contributed by atoms with Gasteiger partial charge in [0.25, 0.3) is 0 Å². The Hall–Kier alpha value is -1.92. The molecule has 0 aliphatic carbocycles. The van der Waals surface area contributed by atoms with Crippen LogP contribution in [0.5, 0.6) is 0 Å². The molecule has 0 saturated carbocycles. The minimum absolute atomic E-state index is 0.284. The average molecular weight is 302 g/mol. The van der Waals surface area contributed by atoms with E-state index in [4.69, 9.17) is 14.9 Å². The molecule has 3 N–H and O–H groups in total. The second kappa shape index (κ2) is 7.38. The van der Waals surface area contributed by atoms with E-state index in [1.54, 1.807) is 0 Å². The fourth-order valence-corrected chi connectivity index (χ4v) is 2.59. The van der Waals surface area contributed by atoms with E-state index in [1.165, 1.54) is 0 Å². The third-order valence-corrected chi connectivity index (χ3v) is 3.94. The number of nitrogens with one attached hydrogen (secondary N) is 1. The second-order valence-corrected chi connectivity index (χ2v) is 5.68. The molecule has 1 aliphatic heterocycles. The summed E-state index contributed by atoms with van der Waals surface area (Å²) in [7, 11) is 0. The number of nitrogens with two attached hydrogens (primary N) is 1. The third-order valence-electron chi connectivity index (χ3n) is 3.94. The van der Waals surface area contributed by atoms with E-state index >= 15 is 0 Å². The Balaban J connectivity index is 1.51. The highest BCUT2D eigenvalue weighted by Gasteiger charge is 2.17. The van der Waals surface area contributed by atoms with Crippen molar-refractivity contribution in [2.45, 2.75) is 25.3 Å². The predicted octanol–water partition coefficient (Wildman–Crippen LogP) is 2.15. The number of nitrogens with zero attached hydrogens (tertiary/aromatic N) is 2. The molecule has 6 nitrogen and oxygen atoms in total. The number of ether oxygens (including phenoxy) is 1. The molecule has 1 fully saturated rings. The van der Waals surface area contributed by atoms with Crippen LogP contribution in [0.25, 0.3) is 0 Å². The van der Waals surface area contributed by atoms with Gasteiger partial charge in [0.2, 0.25) is 5.89 Å². The van der Waals surface area contributed by atoms with Crippen LogP contribution >= 0.6 is 0 Å². The molecule has 0 bridgehead atoms. The monoisotopic (exact) mass is 302 g/mol. The maximum atomic E-state index is 6.14. The molecule has 3 rings (SSSR count). The quantitative estimate of drug-likeness (QED) is 0.850. The van der Waals surface area contributed by atoms with E-state index in [0.29, 0.717) is 24.2 Å². The molecule has 1 aromatic carbocycles. The lowest BCUT2D eigenvalue weighted by Gasteiger charge is -2.21. The second-order valence-electron chi connectivity index (χ2n) is 5.68. The number of hydrogen-bond acceptors (Lipinski definition) is 6. The van der Waals surface area contributed by atoms with E-state index < -0.39 is 0 Å². The fourth-order valence-electron chi connectivity index (χ4n) is 2.59. The highest BCUT2D eigenvalue weighted by molar-refractivity contribution is 5.20. The first kappa shape index (κ1) is 15.0. The van der Waals surface area contributed by atoms with Gasteiger partial charge >= 0.3 is 6.01 Å². The summed E-state index contributed by atoms with van der Waals surface area (Å²) >= 11 is 0. The lowest BCUT2D eigenvalue weighted by atomic mass is 10.0. The van der Waals surface area contributed by atoms with Gasteiger partial charge in [0.15, 0.2) is 0 Å². The van der Waals surface area contributed by atoms with Crippen molar-refractivity contribution in [3.05, 3.63) is 41.8 Å². The lowest BCUT2D eigenvalue weighted by Crippen LogP contribution is -2.22. The molecule has 0 amide bonds. The van der Waals surface area contributed by atoms with Crippen molar-refractivity contribution in [2.75, 3.05) is 25.1 Å². The van der Waals surface area contributed by atoms with Crippen LogP contribution in [0, 0.1) is 5.92 Å². The molecule has 2 heterocycles. The maximum absolute atomic E-state index is 6.14. The molecule has 0 spiro atoms. The molecule has 1 aromatic heterocycles. The highest BCUT2D eigenvalue weighted by atomic mass is 16.5. The maximum Gasteiger partial charge on any atom is 0.315 e. The Morgan fingerprint density at radius 1 is 1.18 bits per heavy atom. The number of aromatic nitrogens is 2. The Morgan fingerprint density at radius 3 is 2.73 bits per heavy atom. The standard InChI is InChI=1S/C16H22N4O2/c17-14(10-12-4-2-1-3-5-12)15-19-20-16(22-15)18-11-13-6-8-21-9-7-13/h1-5,13-14H,6-11,17H2,(H,18,20)/t14-/m1/s1. The van der Waals surface area contributed by atoms with Gasteiger partial charge in [-0.2, -0.15) is 0 Å². The third kappa shape index (κ3) is 4.05. The van der Waals surface area contributed by atoms with Crippen LogP contribution in [-0.4, -0.2) is 30.0 Å². The summed E-state index contributed by atoms with van der Waals surface area (Å²) in [5.74, 6) is 1.07. The minimum atomic E-state index is -0.284. The normalized spacial score (nSPS) is 17.3. The van der Waals surface area contributed by atoms with Crippen molar-refractivity contribution in [3.8, 4) is 0 Å². The topological polar surface area (TPSA) is 86.2 Å². The van der Waals surface area contributed by atoms with Gasteiger partial charge in [-0.05, 0) is 30.7 Å². The van der Waals surface area contributed by atoms with Crippen LogP contribution in [0.3, 0.4) is 0 Å². The largest absolute Gasteiger partial charge is 0.406 e. The van der Waals surface area contributed by atoms with Gasteiger partial charge in [-0.15, -0.1) is 5.10 Å². The van der Waals surface area contributed by atoms with Gasteiger partial charge in [-0.3, -0.25) is 0 Å². The van der Waals surface area contributed by atoms with Crippen LogP contribution in [0.15, 0.2) is 34.7 Å². The molecule has 1 atom stereocenters. The Bertz CT molecular complexity index is 567. The van der Waals surface area contributed by atoms with Crippen LogP contribution in [0.2, 0.25) is 0 Å². The highest BCUT2D eigenvalue weighted by Crippen LogP contribution is 2.19. The summed E-state index contributed by atoms with van der Waals surface area (Å²) in [4.78, 5) is 0. The first-order chi connectivity index (χ1) is 10.8. The van der Waals surface area contributed by atoms with Gasteiger partial charge in [-0.1, -0.05) is 35.4 Å². The summed E-state index contributed by atoms with van der Waals surface area (Å²) in [6.07, 6.45) is 2.82. The zero-order valence-corrected chi connectivity index (χ0v) is 12.6. The van der Waals surface area contributed by atoms with Gasteiger partial charge in [0.1, 0.15) is 0 Å². The van der Waals surface area contributed by atoms with Gasteiger partial charge in [0, 0.05) is 19.8 Å². The lowest BCUT2D eigenvalue weighted by molar-refractivity contribution is 0.0698. The summed E-state index contributed by atoms with van der Waals surface area (Å²) in [6, 6.07) is 10.2. The van der Waals surface area contributed by atoms with E-state index in [9.17, 15) is 0 Å². The molecule has 1 aliphatic rings. The summed E-state index contributed by atoms with van der Waals surface area (Å²) in [5.41, 5.74) is 7.30. The van der Waals surface area contributed by atoms with Crippen molar-refractivity contribution in [1.29, 1.82) is 0 Å². The van der Waals surface area contributed by atoms with Crippen LogP contribution in [-0.2, 0) is 11.2 Å². The van der Waals surface area contributed by atoms with Crippen molar-refractivity contribution >= 4 is 6.01 Å². The molecule has 1 saturated heterocycles. The van der Waals surface area contributed by atoms with Crippen LogP contribution < -0.4 is 11.1 Å². The van der Waals surface area contributed by atoms with Crippen LogP contribution in [0.4, 0.5) is 6.01 Å². The zero-order chi connectivity index (χ0) is 15.2. The average Bonchev–Trinajstić information content (AvgIpc) is 3.04. The summed E-state index contributed by atoms with van der Waals surface area (Å²) in [6.45, 7) is 2.51. The van der Waals surface area contributed by atoms with E-state index in [0.717, 1.165) is 38.2 Å². The van der Waals surface area contributed by atoms with Crippen molar-refractivity contribution < 1.29 is 9.15 Å². The summed E-state index contributed by atoms with van der Waals surface area (Å²) < 4.78 is 11.0. The van der Waals surface area contributed by atoms with E-state index in [-0.39, 0.29) is 6.04 Å². The molecular formula is C16H22N4O2. The van der Waals surface area contributed by atoms with Crippen molar-refractivity contribution in [3.63, 3.8) is 0 Å². The molecule has 0 radical (unpaired) electrons. The Labute approximate surface area is 130 Å². The molecule has 118 valence electrons. The number of benzene rings is 1. The first-order valence-corrected chi connectivity index (χ1v) is 7.76. The first-order valence-electron chi connectivity index (χ1n) is 7.76. The smallest absolute Gasteiger partial charge is 0.315 e. The Morgan fingerprint density at radius 2 is 1.95 bits per heavy atom. The van der Waals surface area contributed by atoms with Crippen molar-refractivity contribution in [1.82, 2.24) is 10.2 Å². The molecule has 2 aromatic rings. The zero-order valence-electron chi connectivity index (χ0n) is 12.6. The molecule has 6 heteroatoms. The number of anilines is 1. The van der Waals surface area contributed by atoms with E-state index in [1.807, 2.05) is 30.3 Å². The SMILES string of the molecule is N[C@H](Cc1ccccc1)c1nnc(NCC2CCOCC2)o1. The number of rotatable bonds is 6. The van der Waals surface area contributed by atoms with Crippen LogP contribution in [0.1, 0.15) is 30.3 Å². The van der Waals surface area contributed by atoms with Gasteiger partial charge in [-0.25, -0.2) is 0 Å². The van der Waals surface area contributed by atoms with Gasteiger partial charge < -0.3 is 20.2 Å². The Kier molecular flexibility index (Phi) is 5.03. The molecule has 22 heavy (non-hydrogen) atoms.